The Labute approximate surface area is 137 Å². The zero-order valence-corrected chi connectivity index (χ0v) is 14.6. The van der Waals surface area contributed by atoms with Crippen LogP contribution in [0.1, 0.15) is 27.7 Å². The van der Waals surface area contributed by atoms with E-state index in [0.717, 1.165) is 6.54 Å². The normalized spacial score (nSPS) is 13.5. The van der Waals surface area contributed by atoms with Crippen molar-refractivity contribution in [1.82, 2.24) is 5.32 Å². The van der Waals surface area contributed by atoms with Gasteiger partial charge in [-0.25, -0.2) is 0 Å². The number of nitrogens with one attached hydrogen (secondary N) is 1. The van der Waals surface area contributed by atoms with Gasteiger partial charge in [-0.15, -0.1) is 0 Å². The van der Waals surface area contributed by atoms with Gasteiger partial charge < -0.3 is 15.2 Å². The fraction of sp³-hybridized carbons (Fsp3) is 0.625. The molecule has 3 nitrogen and oxygen atoms in total. The summed E-state index contributed by atoms with van der Waals surface area (Å²) in [6, 6.07) is 5.17. The Hall–Kier alpha value is -0.480. The van der Waals surface area contributed by atoms with Gasteiger partial charge in [-0.05, 0) is 23.5 Å². The highest BCUT2D eigenvalue weighted by atomic mass is 35.5. The summed E-state index contributed by atoms with van der Waals surface area (Å²) in [5, 5.41) is 14.1. The number of hydrogen-bond acceptors (Lipinski definition) is 3. The maximum Gasteiger partial charge on any atom is 0.156 e. The minimum Gasteiger partial charge on any atom is -0.488 e. The van der Waals surface area contributed by atoms with Crippen molar-refractivity contribution in [2.45, 2.75) is 33.8 Å². The fourth-order valence-corrected chi connectivity index (χ4v) is 2.13. The average molecular weight is 334 g/mol. The molecule has 1 aromatic rings. The summed E-state index contributed by atoms with van der Waals surface area (Å²) >= 11 is 12.0. The Balaban J connectivity index is 2.37. The minimum absolute atomic E-state index is 0.151. The van der Waals surface area contributed by atoms with E-state index in [1.807, 2.05) is 0 Å². The summed E-state index contributed by atoms with van der Waals surface area (Å²) < 4.78 is 5.51. The van der Waals surface area contributed by atoms with E-state index >= 15 is 0 Å². The maximum atomic E-state index is 9.95. The Bertz CT molecular complexity index is 430. The summed E-state index contributed by atoms with van der Waals surface area (Å²) in [5.41, 5.74) is 0.187. The van der Waals surface area contributed by atoms with Crippen molar-refractivity contribution in [2.75, 3.05) is 19.7 Å². The SMILES string of the molecule is CC(C)C(C)(C)CNCC(O)COc1c(Cl)cccc1Cl. The predicted octanol–water partition coefficient (Wildman–Crippen LogP) is 4.00. The largest absolute Gasteiger partial charge is 0.488 e. The highest BCUT2D eigenvalue weighted by molar-refractivity contribution is 6.37. The van der Waals surface area contributed by atoms with Crippen LogP contribution in [0.25, 0.3) is 0 Å². The van der Waals surface area contributed by atoms with Gasteiger partial charge in [-0.3, -0.25) is 0 Å². The van der Waals surface area contributed by atoms with Gasteiger partial charge in [0.05, 0.1) is 10.0 Å². The molecule has 0 aliphatic rings. The van der Waals surface area contributed by atoms with Crippen LogP contribution in [0, 0.1) is 11.3 Å². The van der Waals surface area contributed by atoms with Crippen molar-refractivity contribution < 1.29 is 9.84 Å². The molecular weight excluding hydrogens is 309 g/mol. The molecule has 1 aromatic carbocycles. The van der Waals surface area contributed by atoms with Gasteiger partial charge in [-0.1, -0.05) is 57.0 Å². The van der Waals surface area contributed by atoms with Gasteiger partial charge in [0.1, 0.15) is 12.7 Å². The van der Waals surface area contributed by atoms with E-state index < -0.39 is 6.10 Å². The van der Waals surface area contributed by atoms with E-state index in [0.29, 0.717) is 28.3 Å². The molecule has 0 fully saturated rings. The molecule has 1 atom stereocenters. The standard InChI is InChI=1S/C16H25Cl2NO2/c1-11(2)16(3,4)10-19-8-12(20)9-21-15-13(17)6-5-7-14(15)18/h5-7,11-12,19-20H,8-10H2,1-4H3. The van der Waals surface area contributed by atoms with E-state index in [-0.39, 0.29) is 12.0 Å². The van der Waals surface area contributed by atoms with E-state index in [1.54, 1.807) is 18.2 Å². The molecule has 0 saturated carbocycles. The third-order valence-electron chi connectivity index (χ3n) is 3.86. The molecule has 0 heterocycles. The lowest BCUT2D eigenvalue weighted by atomic mass is 9.81. The molecule has 2 N–H and O–H groups in total. The van der Waals surface area contributed by atoms with Crippen LogP contribution in [0.2, 0.25) is 10.0 Å². The topological polar surface area (TPSA) is 41.5 Å². The molecule has 0 radical (unpaired) electrons. The molecule has 21 heavy (non-hydrogen) atoms. The van der Waals surface area contributed by atoms with Crippen LogP contribution in [-0.2, 0) is 0 Å². The fourth-order valence-electron chi connectivity index (χ4n) is 1.62. The number of hydrogen-bond donors (Lipinski definition) is 2. The molecule has 120 valence electrons. The van der Waals surface area contributed by atoms with Crippen LogP contribution in [0.5, 0.6) is 5.75 Å². The van der Waals surface area contributed by atoms with Crippen LogP contribution in [0.4, 0.5) is 0 Å². The summed E-state index contributed by atoms with van der Waals surface area (Å²) in [6.45, 7) is 10.3. The van der Waals surface area contributed by atoms with Crippen LogP contribution in [0.3, 0.4) is 0 Å². The summed E-state index contributed by atoms with van der Waals surface area (Å²) in [5.74, 6) is 0.989. The van der Waals surface area contributed by atoms with Crippen LogP contribution < -0.4 is 10.1 Å². The van der Waals surface area contributed by atoms with Crippen molar-refractivity contribution >= 4 is 23.2 Å². The summed E-state index contributed by atoms with van der Waals surface area (Å²) in [6.07, 6.45) is -0.611. The molecule has 0 amide bonds. The first-order chi connectivity index (χ1) is 9.74. The van der Waals surface area contributed by atoms with Gasteiger partial charge in [0, 0.05) is 13.1 Å². The summed E-state index contributed by atoms with van der Waals surface area (Å²) in [4.78, 5) is 0. The molecule has 0 saturated heterocycles. The van der Waals surface area contributed by atoms with Crippen LogP contribution in [0.15, 0.2) is 18.2 Å². The smallest absolute Gasteiger partial charge is 0.156 e. The molecule has 0 aliphatic heterocycles. The summed E-state index contributed by atoms with van der Waals surface area (Å²) in [7, 11) is 0. The van der Waals surface area contributed by atoms with Crippen LogP contribution in [-0.4, -0.2) is 30.9 Å². The molecule has 0 aliphatic carbocycles. The Morgan fingerprint density at radius 3 is 2.33 bits per heavy atom. The predicted molar refractivity (Wildman–Crippen MR) is 89.5 cm³/mol. The number of aliphatic hydroxyl groups excluding tert-OH is 1. The molecule has 0 bridgehead atoms. The number of rotatable bonds is 8. The number of benzene rings is 1. The highest BCUT2D eigenvalue weighted by Crippen LogP contribution is 2.32. The molecule has 0 aromatic heterocycles. The Morgan fingerprint density at radius 2 is 1.81 bits per heavy atom. The first-order valence-corrected chi connectivity index (χ1v) is 7.95. The van der Waals surface area contributed by atoms with Gasteiger partial charge in [-0.2, -0.15) is 0 Å². The number of aliphatic hydroxyl groups is 1. The molecule has 1 unspecified atom stereocenters. The zero-order valence-electron chi connectivity index (χ0n) is 13.1. The van der Waals surface area contributed by atoms with Crippen molar-refractivity contribution in [2.24, 2.45) is 11.3 Å². The van der Waals surface area contributed by atoms with E-state index in [2.05, 4.69) is 33.0 Å². The van der Waals surface area contributed by atoms with Crippen molar-refractivity contribution in [3.8, 4) is 5.75 Å². The first-order valence-electron chi connectivity index (χ1n) is 7.19. The lowest BCUT2D eigenvalue weighted by molar-refractivity contribution is 0.101. The van der Waals surface area contributed by atoms with Crippen LogP contribution >= 0.6 is 23.2 Å². The van der Waals surface area contributed by atoms with E-state index in [1.165, 1.54) is 0 Å². The third kappa shape index (κ3) is 6.03. The van der Waals surface area contributed by atoms with E-state index in [9.17, 15) is 5.11 Å². The number of halogens is 2. The van der Waals surface area contributed by atoms with Crippen molar-refractivity contribution in [3.63, 3.8) is 0 Å². The molecule has 5 heteroatoms. The highest BCUT2D eigenvalue weighted by Gasteiger charge is 2.22. The monoisotopic (exact) mass is 333 g/mol. The second-order valence-electron chi connectivity index (χ2n) is 6.29. The quantitative estimate of drug-likeness (QED) is 0.755. The lowest BCUT2D eigenvalue weighted by Gasteiger charge is -2.30. The van der Waals surface area contributed by atoms with Gasteiger partial charge in [0.15, 0.2) is 5.75 Å². The third-order valence-corrected chi connectivity index (χ3v) is 4.46. The maximum absolute atomic E-state index is 9.95. The molecule has 1 rings (SSSR count). The Kier molecular flexibility index (Phi) is 7.28. The average Bonchev–Trinajstić information content (AvgIpc) is 2.37. The first kappa shape index (κ1) is 18.6. The molecular formula is C16H25Cl2NO2. The van der Waals surface area contributed by atoms with Crippen molar-refractivity contribution in [3.05, 3.63) is 28.2 Å². The van der Waals surface area contributed by atoms with Gasteiger partial charge >= 0.3 is 0 Å². The lowest BCUT2D eigenvalue weighted by Crippen LogP contribution is -2.39. The van der Waals surface area contributed by atoms with E-state index in [4.69, 9.17) is 27.9 Å². The Morgan fingerprint density at radius 1 is 1.24 bits per heavy atom. The van der Waals surface area contributed by atoms with Gasteiger partial charge in [0.25, 0.3) is 0 Å². The zero-order chi connectivity index (χ0) is 16.0. The van der Waals surface area contributed by atoms with Crippen molar-refractivity contribution in [1.29, 1.82) is 0 Å². The van der Waals surface area contributed by atoms with Gasteiger partial charge in [0.2, 0.25) is 0 Å². The second-order valence-corrected chi connectivity index (χ2v) is 7.10. The second kappa shape index (κ2) is 8.23. The molecule has 0 spiro atoms. The number of para-hydroxylation sites is 1. The minimum atomic E-state index is -0.611. The number of ether oxygens (including phenoxy) is 1.